The number of amides is 3. The van der Waals surface area contributed by atoms with Crippen molar-refractivity contribution in [3.8, 4) is 23.0 Å². The summed E-state index contributed by atoms with van der Waals surface area (Å²) in [5, 5.41) is 12.1. The molecule has 0 aliphatic rings. The van der Waals surface area contributed by atoms with Crippen LogP contribution in [0.3, 0.4) is 0 Å². The Hall–Kier alpha value is -3.42. The number of nitrogens with zero attached hydrogens (tertiary/aromatic N) is 1. The zero-order valence-corrected chi connectivity index (χ0v) is 25.7. The van der Waals surface area contributed by atoms with Gasteiger partial charge in [-0.15, -0.1) is 0 Å². The van der Waals surface area contributed by atoms with Gasteiger partial charge in [-0.1, -0.05) is 103 Å². The van der Waals surface area contributed by atoms with E-state index in [1.165, 1.54) is 88.4 Å². The Bertz CT molecular complexity index is 982. The van der Waals surface area contributed by atoms with E-state index >= 15 is 0 Å². The van der Waals surface area contributed by atoms with Gasteiger partial charge in [0.2, 0.25) is 0 Å². The molecule has 3 amide bonds. The molecule has 0 radical (unpaired) electrons. The van der Waals surface area contributed by atoms with E-state index in [2.05, 4.69) is 12.2 Å². The first-order valence-corrected chi connectivity index (χ1v) is 16.0. The molecule has 8 nitrogen and oxygen atoms in total. The number of nitrogens with one attached hydrogen (secondary N) is 1. The van der Waals surface area contributed by atoms with Crippen LogP contribution in [-0.2, 0) is 4.79 Å². The van der Waals surface area contributed by atoms with Gasteiger partial charge in [0, 0.05) is 6.54 Å². The second-order valence-corrected chi connectivity index (χ2v) is 11.0. The van der Waals surface area contributed by atoms with Crippen LogP contribution in [0.5, 0.6) is 23.0 Å². The first-order chi connectivity index (χ1) is 20.5. The number of aromatic hydroxyl groups is 1. The standard InChI is InChI=1S/C34H53N3O5/c1-2-3-4-5-6-7-8-9-10-11-12-13-14-15-16-17-26-37(34(35)40)28-36-33(39)27-41-30-22-24-32(25-23-30)42-31-20-18-29(38)19-21-31/h18-25,38H,2-17,26-28H2,1H3,(H2,35,40)(H,36,39). The zero-order valence-electron chi connectivity index (χ0n) is 25.7. The third-order valence-corrected chi connectivity index (χ3v) is 7.33. The van der Waals surface area contributed by atoms with E-state index in [1.807, 2.05) is 0 Å². The summed E-state index contributed by atoms with van der Waals surface area (Å²) in [6.45, 7) is 2.68. The van der Waals surface area contributed by atoms with Crippen molar-refractivity contribution >= 4 is 11.9 Å². The number of nitrogens with two attached hydrogens (primary N) is 1. The molecule has 0 saturated carbocycles. The molecule has 0 fully saturated rings. The van der Waals surface area contributed by atoms with Crippen molar-refractivity contribution in [2.45, 2.75) is 110 Å². The maximum atomic E-state index is 12.2. The van der Waals surface area contributed by atoms with Crippen molar-refractivity contribution in [2.24, 2.45) is 5.73 Å². The number of phenols is 1. The average molecular weight is 584 g/mol. The van der Waals surface area contributed by atoms with E-state index < -0.39 is 6.03 Å². The minimum Gasteiger partial charge on any atom is -0.508 e. The number of unbranched alkanes of at least 4 members (excludes halogenated alkanes) is 15. The number of ether oxygens (including phenoxy) is 2. The Morgan fingerprint density at radius 2 is 1.12 bits per heavy atom. The molecule has 0 atom stereocenters. The fourth-order valence-electron chi connectivity index (χ4n) is 4.76. The average Bonchev–Trinajstić information content (AvgIpc) is 2.99. The molecule has 42 heavy (non-hydrogen) atoms. The van der Waals surface area contributed by atoms with Crippen LogP contribution in [0.4, 0.5) is 4.79 Å². The van der Waals surface area contributed by atoms with Gasteiger partial charge in [0.1, 0.15) is 23.0 Å². The Morgan fingerprint density at radius 3 is 1.60 bits per heavy atom. The third kappa shape index (κ3) is 16.7. The molecule has 2 aromatic rings. The first kappa shape index (κ1) is 34.8. The fraction of sp³-hybridized carbons (Fsp3) is 0.588. The van der Waals surface area contributed by atoms with Gasteiger partial charge in [-0.3, -0.25) is 4.79 Å². The van der Waals surface area contributed by atoms with Gasteiger partial charge in [-0.05, 0) is 55.0 Å². The molecule has 0 unspecified atom stereocenters. The van der Waals surface area contributed by atoms with Crippen LogP contribution < -0.4 is 20.5 Å². The van der Waals surface area contributed by atoms with E-state index in [0.717, 1.165) is 19.3 Å². The number of hydrogen-bond donors (Lipinski definition) is 3. The Balaban J connectivity index is 1.47. The molecule has 4 N–H and O–H groups in total. The molecule has 8 heteroatoms. The molecule has 0 bridgehead atoms. The van der Waals surface area contributed by atoms with Gasteiger partial charge in [0.25, 0.3) is 5.91 Å². The van der Waals surface area contributed by atoms with Gasteiger partial charge >= 0.3 is 6.03 Å². The van der Waals surface area contributed by atoms with Gasteiger partial charge in [0.05, 0.1) is 6.67 Å². The summed E-state index contributed by atoms with van der Waals surface area (Å²) in [6, 6.07) is 12.8. The summed E-state index contributed by atoms with van der Waals surface area (Å²) in [5.41, 5.74) is 5.51. The van der Waals surface area contributed by atoms with E-state index in [4.69, 9.17) is 15.2 Å². The van der Waals surface area contributed by atoms with Crippen LogP contribution >= 0.6 is 0 Å². The van der Waals surface area contributed by atoms with Gasteiger partial charge < -0.3 is 30.5 Å². The van der Waals surface area contributed by atoms with Crippen LogP contribution in [0.2, 0.25) is 0 Å². The number of carbonyl (C=O) groups excluding carboxylic acids is 2. The molecule has 234 valence electrons. The number of primary amides is 1. The van der Waals surface area contributed by atoms with Crippen LogP contribution in [0.1, 0.15) is 110 Å². The molecular formula is C34H53N3O5. The molecule has 0 aromatic heterocycles. The number of carbonyl (C=O) groups is 2. The SMILES string of the molecule is CCCCCCCCCCCCCCCCCCN(CNC(=O)COc1ccc(Oc2ccc(O)cc2)cc1)C(N)=O. The molecule has 0 heterocycles. The van der Waals surface area contributed by atoms with Crippen molar-refractivity contribution in [1.82, 2.24) is 10.2 Å². The summed E-state index contributed by atoms with van der Waals surface area (Å²) in [6.07, 6.45) is 20.7. The van der Waals surface area contributed by atoms with Crippen molar-refractivity contribution in [3.63, 3.8) is 0 Å². The predicted molar refractivity (Wildman–Crippen MR) is 169 cm³/mol. The van der Waals surface area contributed by atoms with Crippen LogP contribution in [0.15, 0.2) is 48.5 Å². The number of phenolic OH excluding ortho intramolecular Hbond substituents is 1. The molecule has 0 saturated heterocycles. The van der Waals surface area contributed by atoms with E-state index in [0.29, 0.717) is 23.8 Å². The largest absolute Gasteiger partial charge is 0.508 e. The smallest absolute Gasteiger partial charge is 0.316 e. The second kappa shape index (κ2) is 22.2. The second-order valence-electron chi connectivity index (χ2n) is 11.0. The maximum Gasteiger partial charge on any atom is 0.316 e. The minimum atomic E-state index is -0.540. The highest BCUT2D eigenvalue weighted by Gasteiger charge is 2.11. The monoisotopic (exact) mass is 583 g/mol. The molecule has 0 spiro atoms. The maximum absolute atomic E-state index is 12.2. The lowest BCUT2D eigenvalue weighted by Crippen LogP contribution is -2.45. The number of rotatable bonds is 24. The topological polar surface area (TPSA) is 114 Å². The van der Waals surface area contributed by atoms with Gasteiger partial charge in [0.15, 0.2) is 6.61 Å². The lowest BCUT2D eigenvalue weighted by Gasteiger charge is -2.20. The molecule has 0 aliphatic heterocycles. The quantitative estimate of drug-likeness (QED) is 0.0850. The zero-order chi connectivity index (χ0) is 30.3. The molecule has 2 aromatic carbocycles. The lowest BCUT2D eigenvalue weighted by molar-refractivity contribution is -0.123. The minimum absolute atomic E-state index is 0.0652. The fourth-order valence-corrected chi connectivity index (χ4v) is 4.76. The molecule has 0 aliphatic carbocycles. The van der Waals surface area contributed by atoms with Gasteiger partial charge in [-0.2, -0.15) is 0 Å². The Labute approximate surface area is 253 Å². The highest BCUT2D eigenvalue weighted by molar-refractivity contribution is 5.78. The number of benzene rings is 2. The highest BCUT2D eigenvalue weighted by atomic mass is 16.5. The van der Waals surface area contributed by atoms with E-state index in [-0.39, 0.29) is 24.9 Å². The first-order valence-electron chi connectivity index (χ1n) is 16.0. The summed E-state index contributed by atoms with van der Waals surface area (Å²) >= 11 is 0. The third-order valence-electron chi connectivity index (χ3n) is 7.33. The van der Waals surface area contributed by atoms with Crippen molar-refractivity contribution in [2.75, 3.05) is 19.8 Å². The Morgan fingerprint density at radius 1 is 0.690 bits per heavy atom. The van der Waals surface area contributed by atoms with E-state index in [1.54, 1.807) is 48.5 Å². The summed E-state index contributed by atoms with van der Waals surface area (Å²) in [7, 11) is 0. The molecular weight excluding hydrogens is 530 g/mol. The summed E-state index contributed by atoms with van der Waals surface area (Å²) in [4.78, 5) is 25.5. The molecule has 2 rings (SSSR count). The van der Waals surface area contributed by atoms with Crippen LogP contribution in [-0.4, -0.2) is 41.8 Å². The summed E-state index contributed by atoms with van der Waals surface area (Å²) < 4.78 is 11.2. The summed E-state index contributed by atoms with van der Waals surface area (Å²) in [5.74, 6) is 1.55. The van der Waals surface area contributed by atoms with E-state index in [9.17, 15) is 14.7 Å². The van der Waals surface area contributed by atoms with Crippen LogP contribution in [0, 0.1) is 0 Å². The number of hydrogen-bond acceptors (Lipinski definition) is 5. The van der Waals surface area contributed by atoms with Crippen LogP contribution in [0.25, 0.3) is 0 Å². The van der Waals surface area contributed by atoms with Crippen molar-refractivity contribution in [3.05, 3.63) is 48.5 Å². The van der Waals surface area contributed by atoms with Gasteiger partial charge in [-0.25, -0.2) is 4.79 Å². The highest BCUT2D eigenvalue weighted by Crippen LogP contribution is 2.25. The Kier molecular flexibility index (Phi) is 18.4. The number of urea groups is 1. The predicted octanol–water partition coefficient (Wildman–Crippen LogP) is 8.28. The lowest BCUT2D eigenvalue weighted by atomic mass is 10.0. The van der Waals surface area contributed by atoms with Crippen molar-refractivity contribution < 1.29 is 24.2 Å². The van der Waals surface area contributed by atoms with Crippen molar-refractivity contribution in [1.29, 1.82) is 0 Å². The normalized spacial score (nSPS) is 10.8.